The summed E-state index contributed by atoms with van der Waals surface area (Å²) in [6, 6.07) is 31.3. The van der Waals surface area contributed by atoms with Crippen LogP contribution in [0.4, 0.5) is 0 Å². The zero-order valence-electron chi connectivity index (χ0n) is 23.1. The van der Waals surface area contributed by atoms with Gasteiger partial charge in [0.15, 0.2) is 5.78 Å². The minimum atomic E-state index is -2.80. The molecule has 0 amide bonds. The van der Waals surface area contributed by atoms with Gasteiger partial charge in [0.2, 0.25) is 0 Å². The van der Waals surface area contributed by atoms with Crippen molar-refractivity contribution >= 4 is 30.4 Å². The molecule has 2 aliphatic rings. The minimum Gasteiger partial charge on any atom is -0.462 e. The molecule has 1 heterocycles. The van der Waals surface area contributed by atoms with Crippen molar-refractivity contribution in [2.45, 2.75) is 63.7 Å². The maximum absolute atomic E-state index is 12.9. The average Bonchev–Trinajstić information content (AvgIpc) is 3.45. The summed E-state index contributed by atoms with van der Waals surface area (Å²) in [5, 5.41) is 2.28. The van der Waals surface area contributed by atoms with E-state index in [0.717, 1.165) is 5.56 Å². The Morgan fingerprint density at radius 2 is 1.49 bits per heavy atom. The van der Waals surface area contributed by atoms with Crippen LogP contribution in [0, 0.1) is 11.8 Å². The fourth-order valence-electron chi connectivity index (χ4n) is 6.42. The zero-order valence-corrected chi connectivity index (χ0v) is 24.1. The second-order valence-corrected chi connectivity index (χ2v) is 16.1. The first-order valence-electron chi connectivity index (χ1n) is 14.0. The van der Waals surface area contributed by atoms with Gasteiger partial charge in [0, 0.05) is 24.7 Å². The summed E-state index contributed by atoms with van der Waals surface area (Å²) in [6.07, 6.45) is 5.60. The van der Waals surface area contributed by atoms with Gasteiger partial charge in [-0.3, -0.25) is 9.59 Å². The summed E-state index contributed by atoms with van der Waals surface area (Å²) in [5.74, 6) is -0.0953. The number of aryl methyl sites for hydroxylation is 1. The molecule has 202 valence electrons. The molecule has 1 aliphatic heterocycles. The lowest BCUT2D eigenvalue weighted by molar-refractivity contribution is -0.141. The third kappa shape index (κ3) is 5.70. The van der Waals surface area contributed by atoms with Gasteiger partial charge in [-0.15, -0.1) is 0 Å². The molecule has 4 atom stereocenters. The van der Waals surface area contributed by atoms with Gasteiger partial charge in [0.1, 0.15) is 6.10 Å². The third-order valence-electron chi connectivity index (χ3n) is 8.30. The Hall–Kier alpha value is -3.28. The van der Waals surface area contributed by atoms with Crippen molar-refractivity contribution in [1.29, 1.82) is 0 Å². The van der Waals surface area contributed by atoms with E-state index >= 15 is 0 Å². The molecule has 0 radical (unpaired) electrons. The van der Waals surface area contributed by atoms with Crippen molar-refractivity contribution < 1.29 is 18.8 Å². The van der Waals surface area contributed by atoms with E-state index in [-0.39, 0.29) is 40.8 Å². The molecule has 1 saturated carbocycles. The predicted octanol–water partition coefficient (Wildman–Crippen LogP) is 5.64. The van der Waals surface area contributed by atoms with Crippen molar-refractivity contribution in [3.05, 3.63) is 109 Å². The number of ether oxygens (including phenoxy) is 1. The monoisotopic (exact) mass is 538 g/mol. The summed E-state index contributed by atoms with van der Waals surface area (Å²) in [4.78, 5) is 25.2. The quantitative estimate of drug-likeness (QED) is 0.201. The molecule has 2 fully saturated rings. The maximum Gasteiger partial charge on any atom is 0.306 e. The highest BCUT2D eigenvalue weighted by atomic mass is 28.4. The number of fused-ring (bicyclic) bond motifs is 1. The molecule has 0 bridgehead atoms. The third-order valence-corrected chi connectivity index (χ3v) is 13.4. The van der Waals surface area contributed by atoms with E-state index in [0.29, 0.717) is 25.7 Å². The molecule has 0 aromatic heterocycles. The SMILES string of the molecule is CC(C)(C)[Si](O[C@@H]1C[C@@H]2OC(=O)C[C@@H]2[C@H]1C=CC(=O)CCc1ccccc1)(c1ccccc1)c1ccccc1. The van der Waals surface area contributed by atoms with Crippen LogP contribution in [0.25, 0.3) is 0 Å². The highest BCUT2D eigenvalue weighted by Crippen LogP contribution is 2.47. The van der Waals surface area contributed by atoms with Crippen LogP contribution in [0.3, 0.4) is 0 Å². The molecule has 4 nitrogen and oxygen atoms in total. The molecule has 5 rings (SSSR count). The topological polar surface area (TPSA) is 52.6 Å². The number of ketones is 1. The van der Waals surface area contributed by atoms with Gasteiger partial charge in [-0.25, -0.2) is 0 Å². The number of carbonyl (C=O) groups excluding carboxylic acids is 2. The molecule has 0 N–H and O–H groups in total. The molecular weight excluding hydrogens is 500 g/mol. The summed E-state index contributed by atoms with van der Waals surface area (Å²) in [7, 11) is -2.80. The van der Waals surface area contributed by atoms with E-state index in [1.807, 2.05) is 48.5 Å². The van der Waals surface area contributed by atoms with Crippen molar-refractivity contribution in [3.8, 4) is 0 Å². The molecule has 3 aromatic rings. The Morgan fingerprint density at radius 3 is 2.05 bits per heavy atom. The van der Waals surface area contributed by atoms with Gasteiger partial charge in [0.05, 0.1) is 12.5 Å². The molecule has 0 spiro atoms. The number of benzene rings is 3. The first-order chi connectivity index (χ1) is 18.8. The number of allylic oxidation sites excluding steroid dienone is 1. The number of carbonyl (C=O) groups is 2. The van der Waals surface area contributed by atoms with Crippen LogP contribution in [-0.2, 0) is 25.2 Å². The van der Waals surface area contributed by atoms with Gasteiger partial charge < -0.3 is 9.16 Å². The van der Waals surface area contributed by atoms with Gasteiger partial charge >= 0.3 is 5.97 Å². The summed E-state index contributed by atoms with van der Waals surface area (Å²) in [5.41, 5.74) is 1.16. The number of esters is 1. The van der Waals surface area contributed by atoms with Crippen LogP contribution in [0.2, 0.25) is 5.04 Å². The molecule has 3 aromatic carbocycles. The van der Waals surface area contributed by atoms with Crippen molar-refractivity contribution in [3.63, 3.8) is 0 Å². The minimum absolute atomic E-state index is 0.0267. The van der Waals surface area contributed by atoms with E-state index in [1.54, 1.807) is 6.08 Å². The Morgan fingerprint density at radius 1 is 0.923 bits per heavy atom. The van der Waals surface area contributed by atoms with Crippen LogP contribution in [0.5, 0.6) is 0 Å². The van der Waals surface area contributed by atoms with E-state index in [4.69, 9.17) is 9.16 Å². The number of hydrogen-bond acceptors (Lipinski definition) is 4. The van der Waals surface area contributed by atoms with Gasteiger partial charge in [-0.1, -0.05) is 118 Å². The van der Waals surface area contributed by atoms with Crippen LogP contribution in [0.15, 0.2) is 103 Å². The lowest BCUT2D eigenvalue weighted by Crippen LogP contribution is -2.68. The fourth-order valence-corrected chi connectivity index (χ4v) is 11.1. The zero-order chi connectivity index (χ0) is 27.5. The average molecular weight is 539 g/mol. The Labute approximate surface area is 233 Å². The first-order valence-corrected chi connectivity index (χ1v) is 15.9. The highest BCUT2D eigenvalue weighted by Gasteiger charge is 2.56. The standard InChI is InChI=1S/C34H38O4Si/c1-34(2,3)39(27-15-9-5-10-16-27,28-17-11-6-12-18-28)38-32-24-31-30(23-33(36)37-31)29(32)22-21-26(35)20-19-25-13-7-4-8-14-25/h4-18,21-22,29-32H,19-20,23-24H2,1-3H3/t29-,30-,31+,32-/m1/s1. The van der Waals surface area contributed by atoms with Crippen LogP contribution in [-0.4, -0.2) is 32.3 Å². The second-order valence-electron chi connectivity index (χ2n) is 11.8. The lowest BCUT2D eigenvalue weighted by Gasteiger charge is -2.45. The predicted molar refractivity (Wildman–Crippen MR) is 157 cm³/mol. The van der Waals surface area contributed by atoms with Crippen LogP contribution in [0.1, 0.15) is 45.6 Å². The summed E-state index contributed by atoms with van der Waals surface area (Å²) in [6.45, 7) is 6.81. The smallest absolute Gasteiger partial charge is 0.306 e. The van der Waals surface area contributed by atoms with Crippen LogP contribution >= 0.6 is 0 Å². The van der Waals surface area contributed by atoms with Crippen molar-refractivity contribution in [2.75, 3.05) is 0 Å². The Bertz CT molecular complexity index is 1260. The number of hydrogen-bond donors (Lipinski definition) is 0. The van der Waals surface area contributed by atoms with E-state index in [2.05, 4.69) is 69.3 Å². The maximum atomic E-state index is 12.9. The first kappa shape index (κ1) is 27.3. The van der Waals surface area contributed by atoms with Crippen molar-refractivity contribution in [2.24, 2.45) is 11.8 Å². The summed E-state index contributed by atoms with van der Waals surface area (Å²) < 4.78 is 13.2. The Balaban J connectivity index is 1.47. The molecular formula is C34H38O4Si. The largest absolute Gasteiger partial charge is 0.462 e. The summed E-state index contributed by atoms with van der Waals surface area (Å²) >= 11 is 0. The number of rotatable bonds is 9. The normalized spacial score (nSPS) is 23.1. The van der Waals surface area contributed by atoms with E-state index in [9.17, 15) is 9.59 Å². The molecule has 39 heavy (non-hydrogen) atoms. The molecule has 1 saturated heterocycles. The molecule has 5 heteroatoms. The van der Waals surface area contributed by atoms with Gasteiger partial charge in [-0.2, -0.15) is 0 Å². The van der Waals surface area contributed by atoms with Gasteiger partial charge in [0.25, 0.3) is 8.32 Å². The fraction of sp³-hybridized carbons (Fsp3) is 0.353. The van der Waals surface area contributed by atoms with Gasteiger partial charge in [-0.05, 0) is 33.5 Å². The second kappa shape index (κ2) is 11.4. The Kier molecular flexibility index (Phi) is 8.01. The highest BCUT2D eigenvalue weighted by molar-refractivity contribution is 6.99. The van der Waals surface area contributed by atoms with E-state index < -0.39 is 8.32 Å². The molecule has 0 unspecified atom stereocenters. The van der Waals surface area contributed by atoms with E-state index in [1.165, 1.54) is 10.4 Å². The molecule has 1 aliphatic carbocycles. The van der Waals surface area contributed by atoms with Crippen molar-refractivity contribution in [1.82, 2.24) is 0 Å². The lowest BCUT2D eigenvalue weighted by atomic mass is 9.91. The van der Waals surface area contributed by atoms with Crippen LogP contribution < -0.4 is 10.4 Å².